The molecule has 0 aliphatic carbocycles. The standard InChI is InChI=1S/C24H18F2N4O2S2/c1-2-34(31,32)29-18-9-16(20-5-4-17(25)12-21(20)26)10-19(13-18)30-14-28-22-11-15(3-6-23(22)30)24-27-7-8-33-24/h3-14,29H,2H2,1H3. The van der Waals surface area contributed by atoms with Crippen LogP contribution < -0.4 is 4.72 Å². The van der Waals surface area contributed by atoms with E-state index in [0.717, 1.165) is 33.7 Å². The maximum absolute atomic E-state index is 14.6. The zero-order valence-corrected chi connectivity index (χ0v) is 19.5. The number of nitrogens with zero attached hydrogens (tertiary/aromatic N) is 3. The molecule has 34 heavy (non-hydrogen) atoms. The van der Waals surface area contributed by atoms with Gasteiger partial charge in [-0.2, -0.15) is 0 Å². The monoisotopic (exact) mass is 496 g/mol. The largest absolute Gasteiger partial charge is 0.299 e. The molecule has 2 aromatic heterocycles. The third-order valence-electron chi connectivity index (χ3n) is 5.32. The van der Waals surface area contributed by atoms with Crippen LogP contribution in [0.5, 0.6) is 0 Å². The quantitative estimate of drug-likeness (QED) is 0.320. The summed E-state index contributed by atoms with van der Waals surface area (Å²) in [4.78, 5) is 8.82. The van der Waals surface area contributed by atoms with Crippen molar-refractivity contribution >= 4 is 38.1 Å². The van der Waals surface area contributed by atoms with Gasteiger partial charge in [-0.1, -0.05) is 0 Å². The fourth-order valence-electron chi connectivity index (χ4n) is 3.66. The second-order valence-electron chi connectivity index (χ2n) is 7.55. The molecule has 0 amide bonds. The predicted molar refractivity (Wildman–Crippen MR) is 131 cm³/mol. The van der Waals surface area contributed by atoms with E-state index in [0.29, 0.717) is 11.3 Å². The summed E-state index contributed by atoms with van der Waals surface area (Å²) in [6, 6.07) is 13.9. The molecule has 0 spiro atoms. The molecular formula is C24H18F2N4O2S2. The van der Waals surface area contributed by atoms with Gasteiger partial charge in [-0.15, -0.1) is 11.3 Å². The fourth-order valence-corrected chi connectivity index (χ4v) is 4.91. The number of benzene rings is 3. The van der Waals surface area contributed by atoms with Crippen LogP contribution in [0.4, 0.5) is 14.5 Å². The Morgan fingerprint density at radius 2 is 1.85 bits per heavy atom. The van der Waals surface area contributed by atoms with Crippen LogP contribution in [0.1, 0.15) is 6.92 Å². The van der Waals surface area contributed by atoms with Gasteiger partial charge in [-0.05, 0) is 61.0 Å². The van der Waals surface area contributed by atoms with Crippen LogP contribution in [-0.2, 0) is 10.0 Å². The molecule has 10 heteroatoms. The lowest BCUT2D eigenvalue weighted by atomic mass is 10.0. The summed E-state index contributed by atoms with van der Waals surface area (Å²) in [5, 5.41) is 2.78. The van der Waals surface area contributed by atoms with Crippen molar-refractivity contribution in [1.82, 2.24) is 14.5 Å². The number of hydrogen-bond acceptors (Lipinski definition) is 5. The average Bonchev–Trinajstić information content (AvgIpc) is 3.48. The second-order valence-corrected chi connectivity index (χ2v) is 10.5. The maximum atomic E-state index is 14.6. The molecule has 0 atom stereocenters. The van der Waals surface area contributed by atoms with Crippen molar-refractivity contribution < 1.29 is 17.2 Å². The Hall–Kier alpha value is -3.63. The van der Waals surface area contributed by atoms with Gasteiger partial charge >= 0.3 is 0 Å². The van der Waals surface area contributed by atoms with E-state index in [9.17, 15) is 17.2 Å². The minimum absolute atomic E-state index is 0.120. The molecule has 1 N–H and O–H groups in total. The van der Waals surface area contributed by atoms with Crippen molar-refractivity contribution in [2.24, 2.45) is 0 Å². The Kier molecular flexibility index (Phi) is 5.62. The number of halogens is 2. The van der Waals surface area contributed by atoms with Crippen LogP contribution in [0, 0.1) is 11.6 Å². The smallest absolute Gasteiger partial charge is 0.232 e. The van der Waals surface area contributed by atoms with Gasteiger partial charge in [0.25, 0.3) is 0 Å². The van der Waals surface area contributed by atoms with Gasteiger partial charge in [0.05, 0.1) is 22.5 Å². The third-order valence-corrected chi connectivity index (χ3v) is 7.45. The number of anilines is 1. The number of hydrogen-bond donors (Lipinski definition) is 1. The van der Waals surface area contributed by atoms with E-state index in [2.05, 4.69) is 14.7 Å². The summed E-state index contributed by atoms with van der Waals surface area (Å²) in [6.07, 6.45) is 3.36. The van der Waals surface area contributed by atoms with E-state index in [1.807, 2.05) is 23.6 Å². The maximum Gasteiger partial charge on any atom is 0.232 e. The van der Waals surface area contributed by atoms with E-state index < -0.39 is 21.7 Å². The van der Waals surface area contributed by atoms with Crippen molar-refractivity contribution in [2.45, 2.75) is 6.92 Å². The topological polar surface area (TPSA) is 76.9 Å². The summed E-state index contributed by atoms with van der Waals surface area (Å²) < 4.78 is 56.8. The second kappa shape index (κ2) is 8.62. The average molecular weight is 497 g/mol. The molecule has 172 valence electrons. The molecule has 0 saturated heterocycles. The molecule has 2 heterocycles. The van der Waals surface area contributed by atoms with E-state index >= 15 is 0 Å². The molecule has 6 nitrogen and oxygen atoms in total. The van der Waals surface area contributed by atoms with Crippen LogP contribution in [0.2, 0.25) is 0 Å². The minimum Gasteiger partial charge on any atom is -0.299 e. The number of imidazole rings is 1. The Balaban J connectivity index is 1.66. The van der Waals surface area contributed by atoms with Gasteiger partial charge in [0.1, 0.15) is 23.0 Å². The van der Waals surface area contributed by atoms with E-state index in [-0.39, 0.29) is 17.0 Å². The molecule has 0 bridgehead atoms. The Labute approximate surface area is 198 Å². The lowest BCUT2D eigenvalue weighted by Gasteiger charge is -2.14. The van der Waals surface area contributed by atoms with Gasteiger partial charge in [-0.3, -0.25) is 9.29 Å². The highest BCUT2D eigenvalue weighted by Crippen LogP contribution is 2.32. The highest BCUT2D eigenvalue weighted by atomic mass is 32.2. The van der Waals surface area contributed by atoms with Gasteiger partial charge in [0, 0.05) is 34.5 Å². The summed E-state index contributed by atoms with van der Waals surface area (Å²) >= 11 is 1.53. The zero-order valence-electron chi connectivity index (χ0n) is 17.9. The molecule has 0 aliphatic rings. The summed E-state index contributed by atoms with van der Waals surface area (Å²) in [7, 11) is -3.58. The molecule has 0 radical (unpaired) electrons. The molecule has 0 aliphatic heterocycles. The highest BCUT2D eigenvalue weighted by molar-refractivity contribution is 7.92. The van der Waals surface area contributed by atoms with Crippen molar-refractivity contribution in [1.29, 1.82) is 0 Å². The number of rotatable bonds is 6. The first-order valence-corrected chi connectivity index (χ1v) is 12.8. The van der Waals surface area contributed by atoms with Gasteiger partial charge in [0.2, 0.25) is 10.0 Å². The van der Waals surface area contributed by atoms with Crippen molar-refractivity contribution in [3.05, 3.63) is 84.1 Å². The third kappa shape index (κ3) is 4.29. The zero-order chi connectivity index (χ0) is 23.9. The molecular weight excluding hydrogens is 478 g/mol. The molecule has 0 saturated carbocycles. The summed E-state index contributed by atoms with van der Waals surface area (Å²) in [6.45, 7) is 1.52. The number of fused-ring (bicyclic) bond motifs is 1. The van der Waals surface area contributed by atoms with Gasteiger partial charge < -0.3 is 0 Å². The SMILES string of the molecule is CCS(=O)(=O)Nc1cc(-c2ccc(F)cc2F)cc(-n2cnc3cc(-c4nccs4)ccc32)c1. The summed E-state index contributed by atoms with van der Waals surface area (Å²) in [5.74, 6) is -1.56. The number of nitrogens with one attached hydrogen (secondary N) is 1. The number of sulfonamides is 1. The highest BCUT2D eigenvalue weighted by Gasteiger charge is 2.15. The molecule has 0 unspecified atom stereocenters. The van der Waals surface area contributed by atoms with Crippen LogP contribution in [-0.4, -0.2) is 28.7 Å². The lowest BCUT2D eigenvalue weighted by Crippen LogP contribution is -2.15. The summed E-state index contributed by atoms with van der Waals surface area (Å²) in [5.41, 5.74) is 3.81. The number of aromatic nitrogens is 3. The first kappa shape index (κ1) is 22.2. The van der Waals surface area contributed by atoms with Crippen molar-refractivity contribution in [3.63, 3.8) is 0 Å². The van der Waals surface area contributed by atoms with Gasteiger partial charge in [0.15, 0.2) is 0 Å². The molecule has 0 fully saturated rings. The van der Waals surface area contributed by atoms with Gasteiger partial charge in [-0.25, -0.2) is 27.2 Å². The van der Waals surface area contributed by atoms with Crippen LogP contribution in [0.25, 0.3) is 38.4 Å². The lowest BCUT2D eigenvalue weighted by molar-refractivity contribution is 0.585. The Bertz CT molecular complexity index is 1610. The Morgan fingerprint density at radius 3 is 2.59 bits per heavy atom. The number of thiazole rings is 1. The molecule has 5 rings (SSSR count). The van der Waals surface area contributed by atoms with E-state index in [1.54, 1.807) is 29.2 Å². The normalized spacial score (nSPS) is 11.7. The van der Waals surface area contributed by atoms with Crippen molar-refractivity contribution in [3.8, 4) is 27.4 Å². The Morgan fingerprint density at radius 1 is 1.00 bits per heavy atom. The van der Waals surface area contributed by atoms with Crippen LogP contribution >= 0.6 is 11.3 Å². The van der Waals surface area contributed by atoms with Crippen LogP contribution in [0.3, 0.4) is 0 Å². The fraction of sp³-hybridized carbons (Fsp3) is 0.0833. The van der Waals surface area contributed by atoms with E-state index in [4.69, 9.17) is 0 Å². The first-order valence-electron chi connectivity index (χ1n) is 10.3. The molecule has 3 aromatic carbocycles. The predicted octanol–water partition coefficient (Wildman–Crippen LogP) is 5.86. The van der Waals surface area contributed by atoms with E-state index in [1.165, 1.54) is 30.4 Å². The van der Waals surface area contributed by atoms with Crippen molar-refractivity contribution in [2.75, 3.05) is 10.5 Å². The molecule has 5 aromatic rings. The first-order chi connectivity index (χ1) is 16.3. The van der Waals surface area contributed by atoms with Crippen LogP contribution in [0.15, 0.2) is 72.5 Å². The minimum atomic E-state index is -3.58.